The van der Waals surface area contributed by atoms with E-state index in [-0.39, 0.29) is 0 Å². The second-order valence-corrected chi connectivity index (χ2v) is 5.30. The molecule has 2 aromatic rings. The summed E-state index contributed by atoms with van der Waals surface area (Å²) in [5, 5.41) is 7.69. The van der Waals surface area contributed by atoms with Gasteiger partial charge in [-0.05, 0) is 32.2 Å². The predicted molar refractivity (Wildman–Crippen MR) is 75.9 cm³/mol. The molecule has 0 fully saturated rings. The van der Waals surface area contributed by atoms with E-state index in [0.29, 0.717) is 12.6 Å². The number of thioether (sulfide) groups is 1. The average molecular weight is 265 g/mol. The van der Waals surface area contributed by atoms with E-state index in [0.717, 1.165) is 23.1 Å². The van der Waals surface area contributed by atoms with Gasteiger partial charge >= 0.3 is 0 Å². The Bertz CT molecular complexity index is 490. The Labute approximate surface area is 112 Å². The molecule has 0 unspecified atom stereocenters. The Morgan fingerprint density at radius 2 is 2.11 bits per heavy atom. The van der Waals surface area contributed by atoms with Crippen molar-refractivity contribution in [1.29, 1.82) is 0 Å². The number of hydrogen-bond acceptors (Lipinski definition) is 4. The first kappa shape index (κ1) is 13.1. The molecule has 0 atom stereocenters. The molecule has 0 aliphatic carbocycles. The van der Waals surface area contributed by atoms with Crippen LogP contribution >= 0.6 is 11.8 Å². The highest BCUT2D eigenvalue weighted by Gasteiger charge is 2.04. The second kappa shape index (κ2) is 6.00. The minimum Gasteiger partial charge on any atom is -0.463 e. The van der Waals surface area contributed by atoms with Crippen molar-refractivity contribution in [3.8, 4) is 0 Å². The molecule has 2 aromatic heterocycles. The highest BCUT2D eigenvalue weighted by atomic mass is 32.2. The van der Waals surface area contributed by atoms with Gasteiger partial charge in [0.05, 0.1) is 12.3 Å². The Hall–Kier alpha value is -1.36. The zero-order chi connectivity index (χ0) is 13.0. The molecule has 0 aliphatic heterocycles. The van der Waals surface area contributed by atoms with E-state index >= 15 is 0 Å². The highest BCUT2D eigenvalue weighted by molar-refractivity contribution is 7.97. The van der Waals surface area contributed by atoms with E-state index < -0.39 is 0 Å². The fourth-order valence-corrected chi connectivity index (χ4v) is 2.07. The summed E-state index contributed by atoms with van der Waals surface area (Å²) >= 11 is 1.76. The van der Waals surface area contributed by atoms with E-state index in [1.165, 1.54) is 0 Å². The Morgan fingerprint density at radius 1 is 1.33 bits per heavy atom. The van der Waals surface area contributed by atoms with Crippen LogP contribution in [0.2, 0.25) is 0 Å². The van der Waals surface area contributed by atoms with Crippen LogP contribution in [0.1, 0.15) is 31.4 Å². The third kappa shape index (κ3) is 3.32. The largest absolute Gasteiger partial charge is 0.463 e. The van der Waals surface area contributed by atoms with E-state index in [1.807, 2.05) is 29.1 Å². The summed E-state index contributed by atoms with van der Waals surface area (Å²) in [6.45, 7) is 4.89. The van der Waals surface area contributed by atoms with Gasteiger partial charge < -0.3 is 9.73 Å². The Balaban J connectivity index is 1.89. The van der Waals surface area contributed by atoms with Crippen molar-refractivity contribution in [1.82, 2.24) is 9.78 Å². The smallest absolute Gasteiger partial charge is 0.148 e. The SMILES string of the molecule is CSCc1ccc(CNc2ccn(C(C)C)n2)o1. The molecule has 98 valence electrons. The Morgan fingerprint density at radius 3 is 2.78 bits per heavy atom. The molecule has 0 spiro atoms. The first-order chi connectivity index (χ1) is 8.69. The van der Waals surface area contributed by atoms with Gasteiger partial charge in [0, 0.05) is 18.3 Å². The number of anilines is 1. The second-order valence-electron chi connectivity index (χ2n) is 4.43. The number of rotatable bonds is 6. The zero-order valence-electron chi connectivity index (χ0n) is 11.0. The predicted octanol–water partition coefficient (Wildman–Crippen LogP) is 3.53. The molecular formula is C13H19N3OS. The lowest BCUT2D eigenvalue weighted by Crippen LogP contribution is -2.03. The van der Waals surface area contributed by atoms with Crippen molar-refractivity contribution in [2.24, 2.45) is 0 Å². The number of hydrogen-bond donors (Lipinski definition) is 1. The summed E-state index contributed by atoms with van der Waals surface area (Å²) in [5.74, 6) is 3.76. The van der Waals surface area contributed by atoms with Gasteiger partial charge in [0.25, 0.3) is 0 Å². The van der Waals surface area contributed by atoms with E-state index in [2.05, 4.69) is 30.5 Å². The van der Waals surface area contributed by atoms with Crippen LogP contribution in [0.3, 0.4) is 0 Å². The normalized spacial score (nSPS) is 11.1. The highest BCUT2D eigenvalue weighted by Crippen LogP contribution is 2.15. The Kier molecular flexibility index (Phi) is 4.36. The van der Waals surface area contributed by atoms with Crippen LogP contribution in [0.25, 0.3) is 0 Å². The van der Waals surface area contributed by atoms with Crippen LogP contribution in [0, 0.1) is 0 Å². The summed E-state index contributed by atoms with van der Waals surface area (Å²) in [4.78, 5) is 0. The molecule has 0 aliphatic rings. The molecule has 0 saturated heterocycles. The van der Waals surface area contributed by atoms with Gasteiger partial charge in [-0.25, -0.2) is 0 Å². The summed E-state index contributed by atoms with van der Waals surface area (Å²) in [7, 11) is 0. The molecule has 2 heterocycles. The number of furan rings is 1. The molecule has 0 amide bonds. The van der Waals surface area contributed by atoms with Gasteiger partial charge in [0.1, 0.15) is 17.3 Å². The average Bonchev–Trinajstić information content (AvgIpc) is 2.95. The molecule has 1 N–H and O–H groups in total. The van der Waals surface area contributed by atoms with Crippen molar-refractivity contribution in [3.05, 3.63) is 35.9 Å². The molecular weight excluding hydrogens is 246 g/mol. The van der Waals surface area contributed by atoms with Crippen LogP contribution in [0.4, 0.5) is 5.82 Å². The fourth-order valence-electron chi connectivity index (χ4n) is 1.63. The van der Waals surface area contributed by atoms with Crippen LogP contribution in [-0.4, -0.2) is 16.0 Å². The molecule has 18 heavy (non-hydrogen) atoms. The van der Waals surface area contributed by atoms with Crippen molar-refractivity contribution < 1.29 is 4.42 Å². The summed E-state index contributed by atoms with van der Waals surface area (Å²) < 4.78 is 7.62. The minimum absolute atomic E-state index is 0.386. The quantitative estimate of drug-likeness (QED) is 0.867. The van der Waals surface area contributed by atoms with Gasteiger partial charge in [-0.3, -0.25) is 4.68 Å². The summed E-state index contributed by atoms with van der Waals surface area (Å²) in [6.07, 6.45) is 4.05. The topological polar surface area (TPSA) is 43.0 Å². The number of nitrogens with one attached hydrogen (secondary N) is 1. The molecule has 0 aromatic carbocycles. The lowest BCUT2D eigenvalue weighted by Gasteiger charge is -2.04. The van der Waals surface area contributed by atoms with Crippen molar-refractivity contribution in [3.63, 3.8) is 0 Å². The van der Waals surface area contributed by atoms with Crippen LogP contribution < -0.4 is 5.32 Å². The monoisotopic (exact) mass is 265 g/mol. The number of nitrogens with zero attached hydrogens (tertiary/aromatic N) is 2. The fraction of sp³-hybridized carbons (Fsp3) is 0.462. The van der Waals surface area contributed by atoms with Gasteiger partial charge in [0.15, 0.2) is 0 Å². The first-order valence-corrected chi connectivity index (χ1v) is 7.44. The van der Waals surface area contributed by atoms with Crippen molar-refractivity contribution >= 4 is 17.6 Å². The molecule has 0 bridgehead atoms. The van der Waals surface area contributed by atoms with Gasteiger partial charge in [-0.1, -0.05) is 0 Å². The molecule has 2 rings (SSSR count). The van der Waals surface area contributed by atoms with Crippen molar-refractivity contribution in [2.45, 2.75) is 32.2 Å². The molecule has 4 nitrogen and oxygen atoms in total. The molecule has 5 heteroatoms. The maximum absolute atomic E-state index is 5.68. The molecule has 0 saturated carbocycles. The van der Waals surface area contributed by atoms with E-state index in [4.69, 9.17) is 4.42 Å². The van der Waals surface area contributed by atoms with Crippen molar-refractivity contribution in [2.75, 3.05) is 11.6 Å². The van der Waals surface area contributed by atoms with Gasteiger partial charge in [0.2, 0.25) is 0 Å². The third-order valence-corrected chi connectivity index (χ3v) is 3.16. The minimum atomic E-state index is 0.386. The number of aromatic nitrogens is 2. The van der Waals surface area contributed by atoms with E-state index in [1.54, 1.807) is 11.8 Å². The lowest BCUT2D eigenvalue weighted by atomic mass is 10.4. The van der Waals surface area contributed by atoms with E-state index in [9.17, 15) is 0 Å². The molecule has 0 radical (unpaired) electrons. The lowest BCUT2D eigenvalue weighted by molar-refractivity contribution is 0.486. The third-order valence-electron chi connectivity index (χ3n) is 2.59. The zero-order valence-corrected chi connectivity index (χ0v) is 11.8. The maximum Gasteiger partial charge on any atom is 0.148 e. The van der Waals surface area contributed by atoms with Crippen LogP contribution in [0.5, 0.6) is 0 Å². The van der Waals surface area contributed by atoms with Crippen LogP contribution in [-0.2, 0) is 12.3 Å². The maximum atomic E-state index is 5.68. The van der Waals surface area contributed by atoms with Gasteiger partial charge in [-0.15, -0.1) is 0 Å². The first-order valence-electron chi connectivity index (χ1n) is 6.04. The van der Waals surface area contributed by atoms with Gasteiger partial charge in [-0.2, -0.15) is 16.9 Å². The standard InChI is InChI=1S/C13H19N3OS/c1-10(2)16-7-6-13(15-16)14-8-11-4-5-12(17-11)9-18-3/h4-7,10H,8-9H2,1-3H3,(H,14,15). The summed E-state index contributed by atoms with van der Waals surface area (Å²) in [5.41, 5.74) is 0. The summed E-state index contributed by atoms with van der Waals surface area (Å²) in [6, 6.07) is 6.40. The van der Waals surface area contributed by atoms with Crippen LogP contribution in [0.15, 0.2) is 28.8 Å².